The third-order valence-electron chi connectivity index (χ3n) is 4.72. The number of benzene rings is 3. The van der Waals surface area contributed by atoms with Crippen LogP contribution in [0.5, 0.6) is 0 Å². The fraction of sp³-hybridized carbons (Fsp3) is 0.125. The number of aromatic nitrogens is 1. The Kier molecular flexibility index (Phi) is 5.93. The molecule has 0 spiro atoms. The number of halogens is 1. The molecule has 29 heavy (non-hydrogen) atoms. The molecule has 0 saturated carbocycles. The average molecular weight is 420 g/mol. The van der Waals surface area contributed by atoms with Gasteiger partial charge in [0, 0.05) is 32.4 Å². The number of nitrogens with zero attached hydrogens (tertiary/aromatic N) is 1. The minimum absolute atomic E-state index is 0.748. The molecule has 4 rings (SSSR count). The number of pyridine rings is 1. The van der Waals surface area contributed by atoms with E-state index in [0.29, 0.717) is 0 Å². The summed E-state index contributed by atoms with van der Waals surface area (Å²) < 4.78 is 3.40. The maximum atomic E-state index is 6.26. The topological polar surface area (TPSA) is 50.9 Å². The van der Waals surface area contributed by atoms with Gasteiger partial charge >= 0.3 is 0 Å². The van der Waals surface area contributed by atoms with Gasteiger partial charge in [-0.2, -0.15) is 0 Å². The van der Waals surface area contributed by atoms with E-state index in [-0.39, 0.29) is 0 Å². The van der Waals surface area contributed by atoms with Crippen molar-refractivity contribution in [3.63, 3.8) is 0 Å². The molecule has 1 heterocycles. The van der Waals surface area contributed by atoms with Gasteiger partial charge in [-0.1, -0.05) is 49.2 Å². The lowest BCUT2D eigenvalue weighted by atomic mass is 10.1. The maximum absolute atomic E-state index is 6.26. The van der Waals surface area contributed by atoms with E-state index < -0.39 is 0 Å². The van der Waals surface area contributed by atoms with Crippen LogP contribution in [-0.2, 0) is 6.42 Å². The zero-order valence-electron chi connectivity index (χ0n) is 16.2. The van der Waals surface area contributed by atoms with E-state index >= 15 is 0 Å². The molecule has 5 heteroatoms. The van der Waals surface area contributed by atoms with Crippen LogP contribution < -0.4 is 10.5 Å². The summed E-state index contributed by atoms with van der Waals surface area (Å²) in [5.41, 5.74) is 12.3. The Balaban J connectivity index is 1.47. The monoisotopic (exact) mass is 419 g/mol. The molecule has 0 fully saturated rings. The molecule has 0 aliphatic carbocycles. The molecule has 3 N–H and O–H groups in total. The maximum Gasteiger partial charge on any atom is 0.0727 e. The van der Waals surface area contributed by atoms with Gasteiger partial charge in [0.25, 0.3) is 0 Å². The fourth-order valence-electron chi connectivity index (χ4n) is 3.23. The number of fused-ring (bicyclic) bond motifs is 1. The molecular formula is C24H22ClN3S. The highest BCUT2D eigenvalue weighted by Crippen LogP contribution is 2.29. The van der Waals surface area contributed by atoms with E-state index in [2.05, 4.69) is 42.0 Å². The molecule has 1 aromatic heterocycles. The van der Waals surface area contributed by atoms with Crippen molar-refractivity contribution >= 4 is 45.8 Å². The largest absolute Gasteiger partial charge is 0.398 e. The molecule has 0 aliphatic rings. The van der Waals surface area contributed by atoms with Crippen molar-refractivity contribution in [1.82, 2.24) is 4.98 Å². The summed E-state index contributed by atoms with van der Waals surface area (Å²) in [7, 11) is 0. The SMILES string of the molecule is CCCc1cc(N)c2cc(NSc3ccc(-c4ccc(Cl)cc4)cc3)ccc2n1. The molecule has 146 valence electrons. The summed E-state index contributed by atoms with van der Waals surface area (Å²) in [6.07, 6.45) is 2.01. The van der Waals surface area contributed by atoms with Crippen molar-refractivity contribution in [1.29, 1.82) is 0 Å². The van der Waals surface area contributed by atoms with Crippen molar-refractivity contribution in [2.24, 2.45) is 0 Å². The van der Waals surface area contributed by atoms with Crippen molar-refractivity contribution < 1.29 is 0 Å². The molecule has 3 aromatic carbocycles. The normalized spacial score (nSPS) is 11.0. The lowest BCUT2D eigenvalue weighted by Gasteiger charge is -2.10. The summed E-state index contributed by atoms with van der Waals surface area (Å²) in [4.78, 5) is 5.84. The zero-order valence-corrected chi connectivity index (χ0v) is 17.7. The van der Waals surface area contributed by atoms with Gasteiger partial charge in [-0.15, -0.1) is 0 Å². The molecule has 3 nitrogen and oxygen atoms in total. The van der Waals surface area contributed by atoms with Gasteiger partial charge in [0.1, 0.15) is 0 Å². The molecule has 0 unspecified atom stereocenters. The fourth-order valence-corrected chi connectivity index (χ4v) is 3.99. The number of rotatable bonds is 6. The lowest BCUT2D eigenvalue weighted by molar-refractivity contribution is 0.890. The Hall–Kier alpha value is -2.69. The van der Waals surface area contributed by atoms with Crippen LogP contribution in [0.1, 0.15) is 19.0 Å². The van der Waals surface area contributed by atoms with E-state index in [1.54, 1.807) is 11.9 Å². The van der Waals surface area contributed by atoms with Crippen LogP contribution in [0.2, 0.25) is 5.02 Å². The quantitative estimate of drug-likeness (QED) is 0.324. The van der Waals surface area contributed by atoms with Crippen LogP contribution in [0.25, 0.3) is 22.0 Å². The molecule has 0 radical (unpaired) electrons. The highest BCUT2D eigenvalue weighted by Gasteiger charge is 2.05. The van der Waals surface area contributed by atoms with Crippen LogP contribution in [0.3, 0.4) is 0 Å². The Morgan fingerprint density at radius 3 is 2.31 bits per heavy atom. The minimum Gasteiger partial charge on any atom is -0.398 e. The number of nitrogens with one attached hydrogen (secondary N) is 1. The first-order valence-corrected chi connectivity index (χ1v) is 10.8. The van der Waals surface area contributed by atoms with E-state index in [4.69, 9.17) is 22.3 Å². The number of hydrogen-bond acceptors (Lipinski definition) is 4. The smallest absolute Gasteiger partial charge is 0.0727 e. The first-order chi connectivity index (χ1) is 14.1. The van der Waals surface area contributed by atoms with Crippen LogP contribution in [0.15, 0.2) is 77.7 Å². The predicted molar refractivity (Wildman–Crippen MR) is 127 cm³/mol. The first-order valence-electron chi connectivity index (χ1n) is 9.60. The Bertz CT molecular complexity index is 1130. The van der Waals surface area contributed by atoms with Gasteiger partial charge in [-0.3, -0.25) is 4.98 Å². The molecule has 0 atom stereocenters. The summed E-state index contributed by atoms with van der Waals surface area (Å²) in [6.45, 7) is 2.15. The van der Waals surface area contributed by atoms with Gasteiger partial charge in [-0.25, -0.2) is 0 Å². The standard InChI is InChI=1S/C24H22ClN3S/c1-2-3-19-15-23(26)22-14-20(10-13-24(22)27-19)28-29-21-11-6-17(7-12-21)16-4-8-18(25)9-5-16/h4-15,28H,2-3H2,1H3,(H2,26,27). The Morgan fingerprint density at radius 2 is 1.62 bits per heavy atom. The van der Waals surface area contributed by atoms with Gasteiger partial charge < -0.3 is 10.5 Å². The molecular weight excluding hydrogens is 398 g/mol. The van der Waals surface area contributed by atoms with E-state index in [1.807, 2.05) is 42.5 Å². The van der Waals surface area contributed by atoms with Crippen molar-refractivity contribution in [3.05, 3.63) is 83.5 Å². The van der Waals surface area contributed by atoms with Crippen LogP contribution in [-0.4, -0.2) is 4.98 Å². The summed E-state index contributed by atoms with van der Waals surface area (Å²) >= 11 is 7.54. The van der Waals surface area contributed by atoms with Crippen molar-refractivity contribution in [2.75, 3.05) is 10.5 Å². The Morgan fingerprint density at radius 1 is 0.931 bits per heavy atom. The third kappa shape index (κ3) is 4.66. The molecule has 4 aromatic rings. The second kappa shape index (κ2) is 8.76. The highest BCUT2D eigenvalue weighted by atomic mass is 35.5. The van der Waals surface area contributed by atoms with Crippen molar-refractivity contribution in [3.8, 4) is 11.1 Å². The van der Waals surface area contributed by atoms with Crippen LogP contribution in [0, 0.1) is 0 Å². The van der Waals surface area contributed by atoms with E-state index in [9.17, 15) is 0 Å². The average Bonchev–Trinajstić information content (AvgIpc) is 2.74. The second-order valence-electron chi connectivity index (χ2n) is 6.92. The van der Waals surface area contributed by atoms with Crippen LogP contribution in [0.4, 0.5) is 11.4 Å². The van der Waals surface area contributed by atoms with E-state index in [1.165, 1.54) is 5.56 Å². The van der Waals surface area contributed by atoms with Crippen molar-refractivity contribution in [2.45, 2.75) is 24.7 Å². The molecule has 0 bridgehead atoms. The number of aryl methyl sites for hydroxylation is 1. The minimum atomic E-state index is 0.748. The van der Waals surface area contributed by atoms with Gasteiger partial charge in [-0.05, 0) is 78.0 Å². The van der Waals surface area contributed by atoms with Gasteiger partial charge in [0.2, 0.25) is 0 Å². The summed E-state index contributed by atoms with van der Waals surface area (Å²) in [5.74, 6) is 0. The zero-order chi connectivity index (χ0) is 20.2. The molecule has 0 saturated heterocycles. The number of nitrogens with two attached hydrogens (primary N) is 1. The van der Waals surface area contributed by atoms with E-state index in [0.717, 1.165) is 56.3 Å². The number of hydrogen-bond donors (Lipinski definition) is 2. The number of anilines is 2. The molecule has 0 aliphatic heterocycles. The summed E-state index contributed by atoms with van der Waals surface area (Å²) in [6, 6.07) is 24.4. The highest BCUT2D eigenvalue weighted by molar-refractivity contribution is 8.00. The summed E-state index contributed by atoms with van der Waals surface area (Å²) in [5, 5.41) is 1.73. The molecule has 0 amide bonds. The van der Waals surface area contributed by atoms with Crippen LogP contribution >= 0.6 is 23.5 Å². The second-order valence-corrected chi connectivity index (χ2v) is 8.24. The predicted octanol–water partition coefficient (Wildman–Crippen LogP) is 7.21. The number of nitrogen functional groups attached to an aromatic ring is 1. The first kappa shape index (κ1) is 19.6. The Labute approximate surface area is 180 Å². The van der Waals surface area contributed by atoms with Gasteiger partial charge in [0.15, 0.2) is 0 Å². The third-order valence-corrected chi connectivity index (χ3v) is 5.82. The lowest BCUT2D eigenvalue weighted by Crippen LogP contribution is -1.96. The van der Waals surface area contributed by atoms with Gasteiger partial charge in [0.05, 0.1) is 5.52 Å².